The van der Waals surface area contributed by atoms with Crippen LogP contribution in [0.4, 0.5) is 0 Å². The molecule has 1 aromatic heterocycles. The van der Waals surface area contributed by atoms with Gasteiger partial charge in [0.2, 0.25) is 0 Å². The van der Waals surface area contributed by atoms with E-state index in [1.54, 1.807) is 0 Å². The van der Waals surface area contributed by atoms with Crippen LogP contribution in [-0.4, -0.2) is 21.0 Å². The normalized spacial score (nSPS) is 10.7. The molecule has 2 N–H and O–H groups in total. The van der Waals surface area contributed by atoms with E-state index in [2.05, 4.69) is 9.97 Å². The third-order valence-electron chi connectivity index (χ3n) is 3.37. The Labute approximate surface area is 122 Å². The molecule has 0 aliphatic rings. The van der Waals surface area contributed by atoms with Gasteiger partial charge in [0.25, 0.3) is 0 Å². The van der Waals surface area contributed by atoms with Crippen molar-refractivity contribution in [2.45, 2.75) is 5.92 Å². The van der Waals surface area contributed by atoms with Crippen molar-refractivity contribution in [3.8, 4) is 0 Å². The molecule has 0 unspecified atom stereocenters. The molecule has 0 spiro atoms. The van der Waals surface area contributed by atoms with E-state index >= 15 is 0 Å². The zero-order valence-electron chi connectivity index (χ0n) is 11.2. The minimum Gasteiger partial charge on any atom is -0.477 e. The average molecular weight is 278 g/mol. The molecule has 0 fully saturated rings. The Bertz CT molecular complexity index is 696. The first-order valence-corrected chi connectivity index (χ1v) is 6.64. The molecule has 2 aromatic carbocycles. The molecule has 4 heteroatoms. The van der Waals surface area contributed by atoms with Gasteiger partial charge in [-0.15, -0.1) is 0 Å². The Morgan fingerprint density at radius 3 is 1.90 bits per heavy atom. The van der Waals surface area contributed by atoms with Gasteiger partial charge in [0.15, 0.2) is 0 Å². The molecule has 0 bridgehead atoms. The number of rotatable bonds is 4. The number of hydrogen-bond donors (Lipinski definition) is 2. The van der Waals surface area contributed by atoms with Crippen molar-refractivity contribution in [1.82, 2.24) is 9.97 Å². The summed E-state index contributed by atoms with van der Waals surface area (Å²) in [4.78, 5) is 18.2. The summed E-state index contributed by atoms with van der Waals surface area (Å²) < 4.78 is 0. The molecule has 21 heavy (non-hydrogen) atoms. The third-order valence-corrected chi connectivity index (χ3v) is 3.37. The molecule has 0 aliphatic carbocycles. The number of aromatic nitrogens is 2. The van der Waals surface area contributed by atoms with Crippen LogP contribution < -0.4 is 0 Å². The molecular weight excluding hydrogens is 264 g/mol. The monoisotopic (exact) mass is 278 g/mol. The second-order valence-electron chi connectivity index (χ2n) is 4.74. The number of hydrogen-bond acceptors (Lipinski definition) is 2. The number of aromatic amines is 1. The first-order chi connectivity index (χ1) is 10.3. The maximum atomic E-state index is 11.0. The Kier molecular flexibility index (Phi) is 3.51. The van der Waals surface area contributed by atoms with Crippen LogP contribution in [0.5, 0.6) is 0 Å². The zero-order chi connectivity index (χ0) is 14.7. The Morgan fingerprint density at radius 1 is 0.952 bits per heavy atom. The highest BCUT2D eigenvalue weighted by molar-refractivity contribution is 5.85. The molecule has 3 aromatic rings. The van der Waals surface area contributed by atoms with Gasteiger partial charge in [-0.25, -0.2) is 9.78 Å². The van der Waals surface area contributed by atoms with Crippen LogP contribution in [0.25, 0.3) is 0 Å². The van der Waals surface area contributed by atoms with E-state index in [1.165, 1.54) is 6.20 Å². The fourth-order valence-corrected chi connectivity index (χ4v) is 2.39. The molecule has 4 nitrogen and oxygen atoms in total. The summed E-state index contributed by atoms with van der Waals surface area (Å²) in [6, 6.07) is 19.8. The van der Waals surface area contributed by atoms with E-state index in [4.69, 9.17) is 5.11 Å². The first kappa shape index (κ1) is 13.1. The van der Waals surface area contributed by atoms with Crippen LogP contribution in [0.15, 0.2) is 66.9 Å². The second kappa shape index (κ2) is 5.63. The minimum atomic E-state index is -1.01. The van der Waals surface area contributed by atoms with Gasteiger partial charge in [0, 0.05) is 0 Å². The molecular formula is C17H14N2O2. The van der Waals surface area contributed by atoms with Crippen molar-refractivity contribution in [1.29, 1.82) is 0 Å². The highest BCUT2D eigenvalue weighted by Crippen LogP contribution is 2.29. The fraction of sp³-hybridized carbons (Fsp3) is 0.0588. The number of H-pyrrole nitrogens is 1. The zero-order valence-corrected chi connectivity index (χ0v) is 11.2. The van der Waals surface area contributed by atoms with Crippen LogP contribution in [0.3, 0.4) is 0 Å². The lowest BCUT2D eigenvalue weighted by Crippen LogP contribution is -2.06. The lowest BCUT2D eigenvalue weighted by atomic mass is 9.91. The quantitative estimate of drug-likeness (QED) is 0.769. The average Bonchev–Trinajstić information content (AvgIpc) is 3.00. The van der Waals surface area contributed by atoms with Gasteiger partial charge in [0.05, 0.1) is 12.1 Å². The number of carboxylic acids is 1. The van der Waals surface area contributed by atoms with Gasteiger partial charge in [-0.1, -0.05) is 60.7 Å². The van der Waals surface area contributed by atoms with E-state index in [9.17, 15) is 4.79 Å². The number of carboxylic acid groups (broad SMARTS) is 1. The largest absolute Gasteiger partial charge is 0.477 e. The van der Waals surface area contributed by atoms with Crippen LogP contribution >= 0.6 is 0 Å². The van der Waals surface area contributed by atoms with Gasteiger partial charge in [0.1, 0.15) is 11.5 Å². The minimum absolute atomic E-state index is 0.0989. The first-order valence-electron chi connectivity index (χ1n) is 6.64. The van der Waals surface area contributed by atoms with Crippen LogP contribution in [0.2, 0.25) is 0 Å². The standard InChI is InChI=1S/C17H14N2O2/c20-17(21)14-11-18-16(19-14)15(12-7-3-1-4-8-12)13-9-5-2-6-10-13/h1-11,15H,(H,18,19)(H,20,21). The fourth-order valence-electron chi connectivity index (χ4n) is 2.39. The van der Waals surface area contributed by atoms with E-state index in [1.807, 2.05) is 60.7 Å². The Morgan fingerprint density at radius 2 is 1.48 bits per heavy atom. The second-order valence-corrected chi connectivity index (χ2v) is 4.74. The molecule has 3 rings (SSSR count). The Balaban J connectivity index is 2.10. The van der Waals surface area contributed by atoms with Crippen molar-refractivity contribution in [2.24, 2.45) is 0 Å². The van der Waals surface area contributed by atoms with Gasteiger partial charge >= 0.3 is 5.97 Å². The molecule has 104 valence electrons. The highest BCUT2D eigenvalue weighted by Gasteiger charge is 2.20. The summed E-state index contributed by atoms with van der Waals surface area (Å²) in [6.07, 6.45) is 1.36. The lowest BCUT2D eigenvalue weighted by molar-refractivity contribution is 0.0691. The van der Waals surface area contributed by atoms with Crippen LogP contribution in [0.1, 0.15) is 33.4 Å². The number of aromatic carboxylic acids is 1. The smallest absolute Gasteiger partial charge is 0.353 e. The summed E-state index contributed by atoms with van der Waals surface area (Å²) in [6.45, 7) is 0. The molecule has 0 amide bonds. The molecule has 0 saturated heterocycles. The molecule has 0 atom stereocenters. The summed E-state index contributed by atoms with van der Waals surface area (Å²) in [5.74, 6) is -0.487. The van der Waals surface area contributed by atoms with E-state index in [0.717, 1.165) is 11.1 Å². The van der Waals surface area contributed by atoms with Crippen molar-refractivity contribution in [2.75, 3.05) is 0 Å². The SMILES string of the molecule is O=C(O)c1cnc(C(c2ccccc2)c2ccccc2)[nH]1. The van der Waals surface area contributed by atoms with Crippen LogP contribution in [0, 0.1) is 0 Å². The van der Waals surface area contributed by atoms with Gasteiger partial charge in [-0.05, 0) is 11.1 Å². The molecule has 0 aliphatic heterocycles. The van der Waals surface area contributed by atoms with Gasteiger partial charge < -0.3 is 10.1 Å². The number of nitrogens with one attached hydrogen (secondary N) is 1. The number of imidazole rings is 1. The summed E-state index contributed by atoms with van der Waals surface area (Å²) >= 11 is 0. The lowest BCUT2D eigenvalue weighted by Gasteiger charge is -2.15. The van der Waals surface area contributed by atoms with Crippen LogP contribution in [-0.2, 0) is 0 Å². The maximum absolute atomic E-state index is 11.0. The van der Waals surface area contributed by atoms with E-state index in [0.29, 0.717) is 5.82 Å². The number of benzene rings is 2. The summed E-state index contributed by atoms with van der Waals surface area (Å²) in [5.41, 5.74) is 2.23. The molecule has 0 radical (unpaired) electrons. The number of carbonyl (C=O) groups is 1. The van der Waals surface area contributed by atoms with Crippen molar-refractivity contribution >= 4 is 5.97 Å². The van der Waals surface area contributed by atoms with Crippen molar-refractivity contribution in [3.05, 3.63) is 89.5 Å². The van der Waals surface area contributed by atoms with E-state index in [-0.39, 0.29) is 11.6 Å². The highest BCUT2D eigenvalue weighted by atomic mass is 16.4. The summed E-state index contributed by atoms with van der Waals surface area (Å²) in [7, 11) is 0. The predicted octanol–water partition coefficient (Wildman–Crippen LogP) is 3.29. The van der Waals surface area contributed by atoms with E-state index < -0.39 is 5.97 Å². The number of nitrogens with zero attached hydrogens (tertiary/aromatic N) is 1. The third kappa shape index (κ3) is 2.69. The van der Waals surface area contributed by atoms with Gasteiger partial charge in [-0.2, -0.15) is 0 Å². The topological polar surface area (TPSA) is 66.0 Å². The predicted molar refractivity (Wildman–Crippen MR) is 79.4 cm³/mol. The van der Waals surface area contributed by atoms with Crippen molar-refractivity contribution in [3.63, 3.8) is 0 Å². The van der Waals surface area contributed by atoms with Crippen molar-refractivity contribution < 1.29 is 9.90 Å². The maximum Gasteiger partial charge on any atom is 0.353 e. The molecule has 0 saturated carbocycles. The van der Waals surface area contributed by atoms with Gasteiger partial charge in [-0.3, -0.25) is 0 Å². The summed E-state index contributed by atoms with van der Waals surface area (Å²) in [5, 5.41) is 9.05. The molecule has 1 heterocycles. The Hall–Kier alpha value is -2.88.